The number of carbonyl (C=O) groups is 1. The summed E-state index contributed by atoms with van der Waals surface area (Å²) in [7, 11) is 1.63. The maximum Gasteiger partial charge on any atom is 0.195 e. The highest BCUT2D eigenvalue weighted by molar-refractivity contribution is 9.11. The predicted molar refractivity (Wildman–Crippen MR) is 125 cm³/mol. The Bertz CT molecular complexity index is 991. The van der Waals surface area contributed by atoms with E-state index in [1.54, 1.807) is 19.3 Å². The minimum Gasteiger partial charge on any atom is -0.496 e. The van der Waals surface area contributed by atoms with Crippen LogP contribution in [0.25, 0.3) is 6.08 Å². The number of rotatable bonds is 7. The lowest BCUT2D eigenvalue weighted by molar-refractivity contribution is 0.105. The molecule has 0 saturated heterocycles. The van der Waals surface area contributed by atoms with E-state index in [1.807, 2.05) is 47.8 Å². The molecule has 0 amide bonds. The van der Waals surface area contributed by atoms with E-state index in [1.165, 1.54) is 11.3 Å². The Morgan fingerprint density at radius 3 is 2.50 bits per heavy atom. The van der Waals surface area contributed by atoms with Crippen LogP contribution in [0.5, 0.6) is 11.5 Å². The van der Waals surface area contributed by atoms with Gasteiger partial charge in [-0.3, -0.25) is 4.79 Å². The number of ether oxygens (including phenoxy) is 2. The van der Waals surface area contributed by atoms with Crippen LogP contribution in [0.15, 0.2) is 67.3 Å². The topological polar surface area (TPSA) is 35.5 Å². The molecule has 2 aromatic carbocycles. The summed E-state index contributed by atoms with van der Waals surface area (Å²) in [5.41, 5.74) is 1.79. The standard InChI is InChI=1S/C21H15Br3O3S/c1-26-19-7-5-13(4-6-18(25)20-3-2-8-28-20)9-14(19)12-27-21-16(23)10-15(22)11-17(21)24/h2-11H,12H2,1H3/b6-4+. The van der Waals surface area contributed by atoms with Crippen molar-refractivity contribution < 1.29 is 14.3 Å². The van der Waals surface area contributed by atoms with Crippen LogP contribution in [-0.4, -0.2) is 12.9 Å². The zero-order valence-electron chi connectivity index (χ0n) is 14.7. The highest BCUT2D eigenvalue weighted by Crippen LogP contribution is 2.37. The van der Waals surface area contributed by atoms with E-state index in [0.29, 0.717) is 12.4 Å². The van der Waals surface area contributed by atoms with E-state index >= 15 is 0 Å². The summed E-state index contributed by atoms with van der Waals surface area (Å²) in [6.45, 7) is 0.322. The quantitative estimate of drug-likeness (QED) is 0.212. The molecule has 3 nitrogen and oxygen atoms in total. The van der Waals surface area contributed by atoms with Gasteiger partial charge in [-0.2, -0.15) is 0 Å². The van der Waals surface area contributed by atoms with Crippen molar-refractivity contribution in [2.75, 3.05) is 7.11 Å². The minimum absolute atomic E-state index is 0.00802. The van der Waals surface area contributed by atoms with Crippen molar-refractivity contribution in [2.24, 2.45) is 0 Å². The summed E-state index contributed by atoms with van der Waals surface area (Å²) >= 11 is 11.9. The largest absolute Gasteiger partial charge is 0.496 e. The van der Waals surface area contributed by atoms with Gasteiger partial charge >= 0.3 is 0 Å². The number of allylic oxidation sites excluding steroid dienone is 1. The molecule has 0 aliphatic rings. The Morgan fingerprint density at radius 2 is 1.86 bits per heavy atom. The van der Waals surface area contributed by atoms with Gasteiger partial charge in [0.1, 0.15) is 18.1 Å². The lowest BCUT2D eigenvalue weighted by atomic mass is 10.1. The number of carbonyl (C=O) groups excluding carboxylic acids is 1. The second kappa shape index (κ2) is 9.87. The molecule has 3 rings (SSSR count). The molecule has 0 spiro atoms. The fourth-order valence-corrected chi connectivity index (χ4v) is 5.64. The van der Waals surface area contributed by atoms with Crippen molar-refractivity contribution >= 4 is 71.0 Å². The third-order valence-electron chi connectivity index (χ3n) is 3.83. The Kier molecular flexibility index (Phi) is 7.51. The van der Waals surface area contributed by atoms with Gasteiger partial charge in [-0.1, -0.05) is 34.1 Å². The van der Waals surface area contributed by atoms with Gasteiger partial charge in [0.25, 0.3) is 0 Å². The summed E-state index contributed by atoms with van der Waals surface area (Å²) in [6, 6.07) is 13.3. The van der Waals surface area contributed by atoms with Gasteiger partial charge in [-0.25, -0.2) is 0 Å². The molecular formula is C21H15Br3O3S. The van der Waals surface area contributed by atoms with Crippen LogP contribution in [-0.2, 0) is 6.61 Å². The number of hydrogen-bond donors (Lipinski definition) is 0. The first-order valence-electron chi connectivity index (χ1n) is 8.18. The average molecular weight is 587 g/mol. The van der Waals surface area contributed by atoms with Gasteiger partial charge in [0.15, 0.2) is 5.78 Å². The number of halogens is 3. The van der Waals surface area contributed by atoms with Crippen LogP contribution in [0.3, 0.4) is 0 Å². The van der Waals surface area contributed by atoms with Crippen LogP contribution in [0.2, 0.25) is 0 Å². The molecule has 1 aromatic heterocycles. The molecule has 0 radical (unpaired) electrons. The lowest BCUT2D eigenvalue weighted by Gasteiger charge is -2.14. The molecule has 3 aromatic rings. The van der Waals surface area contributed by atoms with Gasteiger partial charge in [-0.05, 0) is 79.2 Å². The van der Waals surface area contributed by atoms with Crippen molar-refractivity contribution in [1.29, 1.82) is 0 Å². The zero-order chi connectivity index (χ0) is 20.1. The van der Waals surface area contributed by atoms with Gasteiger partial charge in [0, 0.05) is 10.0 Å². The molecule has 0 aliphatic heterocycles. The molecule has 0 saturated carbocycles. The van der Waals surface area contributed by atoms with E-state index < -0.39 is 0 Å². The van der Waals surface area contributed by atoms with Gasteiger partial charge < -0.3 is 9.47 Å². The average Bonchev–Trinajstić information content (AvgIpc) is 3.20. The first kappa shape index (κ1) is 21.3. The van der Waals surface area contributed by atoms with E-state index in [9.17, 15) is 4.79 Å². The van der Waals surface area contributed by atoms with Crippen molar-refractivity contribution in [3.05, 3.63) is 83.3 Å². The van der Waals surface area contributed by atoms with Crippen molar-refractivity contribution in [3.63, 3.8) is 0 Å². The normalized spacial score (nSPS) is 11.0. The summed E-state index contributed by atoms with van der Waals surface area (Å²) in [6.07, 6.45) is 3.39. The summed E-state index contributed by atoms with van der Waals surface area (Å²) in [5.74, 6) is 1.43. The smallest absolute Gasteiger partial charge is 0.195 e. The van der Waals surface area contributed by atoms with Crippen LogP contribution in [0, 0.1) is 0 Å². The second-order valence-electron chi connectivity index (χ2n) is 5.73. The molecule has 28 heavy (non-hydrogen) atoms. The van der Waals surface area contributed by atoms with Gasteiger partial charge in [0.05, 0.1) is 20.9 Å². The highest BCUT2D eigenvalue weighted by atomic mass is 79.9. The number of methoxy groups -OCH3 is 1. The molecule has 0 bridgehead atoms. The molecule has 7 heteroatoms. The number of ketones is 1. The molecule has 0 N–H and O–H groups in total. The van der Waals surface area contributed by atoms with Crippen LogP contribution in [0.1, 0.15) is 20.8 Å². The maximum atomic E-state index is 12.2. The number of benzene rings is 2. The molecule has 0 aliphatic carbocycles. The highest BCUT2D eigenvalue weighted by Gasteiger charge is 2.11. The van der Waals surface area contributed by atoms with Crippen molar-refractivity contribution in [3.8, 4) is 11.5 Å². The lowest BCUT2D eigenvalue weighted by Crippen LogP contribution is -2.00. The van der Waals surface area contributed by atoms with Crippen molar-refractivity contribution in [2.45, 2.75) is 6.61 Å². The molecule has 0 unspecified atom stereocenters. The zero-order valence-corrected chi connectivity index (χ0v) is 20.3. The molecular weight excluding hydrogens is 572 g/mol. The summed E-state index contributed by atoms with van der Waals surface area (Å²) in [4.78, 5) is 12.9. The second-order valence-corrected chi connectivity index (χ2v) is 9.31. The SMILES string of the molecule is COc1ccc(/C=C/C(=O)c2cccs2)cc1COc1c(Br)cc(Br)cc1Br. The summed E-state index contributed by atoms with van der Waals surface area (Å²) in [5, 5.41) is 1.89. The Morgan fingerprint density at radius 1 is 1.11 bits per heavy atom. The molecule has 0 fully saturated rings. The Balaban J connectivity index is 1.79. The first-order chi connectivity index (χ1) is 13.5. The fourth-order valence-electron chi connectivity index (χ4n) is 2.50. The predicted octanol–water partition coefficient (Wildman–Crippen LogP) is 7.52. The minimum atomic E-state index is -0.00802. The van der Waals surface area contributed by atoms with E-state index in [4.69, 9.17) is 9.47 Å². The van der Waals surface area contributed by atoms with E-state index in [0.717, 1.165) is 35.2 Å². The van der Waals surface area contributed by atoms with Crippen molar-refractivity contribution in [1.82, 2.24) is 0 Å². The number of thiophene rings is 1. The molecule has 0 atom stereocenters. The van der Waals surface area contributed by atoms with Gasteiger partial charge in [0.2, 0.25) is 0 Å². The van der Waals surface area contributed by atoms with Crippen LogP contribution in [0.4, 0.5) is 0 Å². The monoisotopic (exact) mass is 584 g/mol. The van der Waals surface area contributed by atoms with Gasteiger partial charge in [-0.15, -0.1) is 11.3 Å². The molecule has 144 valence electrons. The molecule has 1 heterocycles. The van der Waals surface area contributed by atoms with Crippen LogP contribution >= 0.6 is 59.1 Å². The summed E-state index contributed by atoms with van der Waals surface area (Å²) < 4.78 is 14.1. The third kappa shape index (κ3) is 5.35. The van der Waals surface area contributed by atoms with Crippen LogP contribution < -0.4 is 9.47 Å². The number of hydrogen-bond acceptors (Lipinski definition) is 4. The van der Waals surface area contributed by atoms with E-state index in [-0.39, 0.29) is 5.78 Å². The Labute approximate surface area is 192 Å². The Hall–Kier alpha value is -1.41. The van der Waals surface area contributed by atoms with E-state index in [2.05, 4.69) is 47.8 Å². The maximum absolute atomic E-state index is 12.2. The fraction of sp³-hybridized carbons (Fsp3) is 0.0952. The first-order valence-corrected chi connectivity index (χ1v) is 11.4. The third-order valence-corrected chi connectivity index (χ3v) is 6.35.